The van der Waals surface area contributed by atoms with Crippen LogP contribution < -0.4 is 10.0 Å². The van der Waals surface area contributed by atoms with E-state index >= 15 is 0 Å². The molecule has 1 atom stereocenters. The van der Waals surface area contributed by atoms with Crippen LogP contribution in [-0.4, -0.2) is 61.4 Å². The van der Waals surface area contributed by atoms with Crippen molar-refractivity contribution in [3.63, 3.8) is 0 Å². The second-order valence-electron chi connectivity index (χ2n) is 8.63. The van der Waals surface area contributed by atoms with Gasteiger partial charge in [0.05, 0.1) is 18.0 Å². The number of phenolic OH excluding ortho intramolecular Hbond substituents is 3. The lowest BCUT2D eigenvalue weighted by Gasteiger charge is -2.14. The maximum atomic E-state index is 11.4. The molecule has 0 spiro atoms. The standard InChI is InChI=1S/C25H38N2O7S/c1-35(32,33)27-21-17-19(12-13-24(21)30)25(31)18-26-14-5-2-3-6-15-34-16-7-4-9-20-22(28)10-8-11-23(20)29/h8,10-13,17,25-31H,2-7,9,14-16,18H2,1H3. The molecule has 0 amide bonds. The maximum absolute atomic E-state index is 11.4. The third-order valence-electron chi connectivity index (χ3n) is 5.52. The van der Waals surface area contributed by atoms with Crippen LogP contribution in [0.2, 0.25) is 0 Å². The molecule has 2 aromatic rings. The highest BCUT2D eigenvalue weighted by Crippen LogP contribution is 2.28. The van der Waals surface area contributed by atoms with Crippen molar-refractivity contribution < 1.29 is 33.6 Å². The Morgan fingerprint density at radius 2 is 1.54 bits per heavy atom. The van der Waals surface area contributed by atoms with Gasteiger partial charge in [-0.1, -0.05) is 25.0 Å². The number of anilines is 1. The summed E-state index contributed by atoms with van der Waals surface area (Å²) in [5.74, 6) is 0.0636. The van der Waals surface area contributed by atoms with Crippen molar-refractivity contribution in [1.82, 2.24) is 5.32 Å². The fraction of sp³-hybridized carbons (Fsp3) is 0.520. The van der Waals surface area contributed by atoms with Gasteiger partial charge in [0.1, 0.15) is 17.2 Å². The number of aliphatic hydroxyl groups is 1. The smallest absolute Gasteiger partial charge is 0.229 e. The predicted octanol–water partition coefficient (Wildman–Crippen LogP) is 3.40. The molecule has 1 unspecified atom stereocenters. The van der Waals surface area contributed by atoms with E-state index in [1.807, 2.05) is 0 Å². The average Bonchev–Trinajstić information content (AvgIpc) is 2.79. The van der Waals surface area contributed by atoms with Crippen molar-refractivity contribution in [3.05, 3.63) is 47.5 Å². The summed E-state index contributed by atoms with van der Waals surface area (Å²) in [5.41, 5.74) is 1.14. The fourth-order valence-corrected chi connectivity index (χ4v) is 4.20. The van der Waals surface area contributed by atoms with E-state index in [0.717, 1.165) is 51.3 Å². The van der Waals surface area contributed by atoms with E-state index < -0.39 is 16.1 Å². The molecule has 9 nitrogen and oxygen atoms in total. The Labute approximate surface area is 207 Å². The summed E-state index contributed by atoms with van der Waals surface area (Å²) in [6.07, 6.45) is 6.54. The molecule has 0 fully saturated rings. The van der Waals surface area contributed by atoms with Crippen LogP contribution in [0.5, 0.6) is 17.2 Å². The van der Waals surface area contributed by atoms with E-state index in [1.165, 1.54) is 12.1 Å². The first kappa shape index (κ1) is 28.7. The van der Waals surface area contributed by atoms with Crippen LogP contribution in [0.4, 0.5) is 5.69 Å². The van der Waals surface area contributed by atoms with Crippen molar-refractivity contribution in [2.24, 2.45) is 0 Å². The monoisotopic (exact) mass is 510 g/mol. The molecule has 0 aliphatic rings. The molecule has 0 aliphatic carbocycles. The zero-order valence-corrected chi connectivity index (χ0v) is 21.1. The zero-order chi connectivity index (χ0) is 25.7. The van der Waals surface area contributed by atoms with Crippen LogP contribution in [0.15, 0.2) is 36.4 Å². The Bertz CT molecular complexity index is 995. The lowest BCUT2D eigenvalue weighted by atomic mass is 10.1. The molecule has 0 saturated carbocycles. The van der Waals surface area contributed by atoms with Crippen molar-refractivity contribution in [3.8, 4) is 17.2 Å². The minimum atomic E-state index is -3.53. The van der Waals surface area contributed by atoms with Gasteiger partial charge in [0.2, 0.25) is 10.0 Å². The number of rotatable bonds is 17. The molecular weight excluding hydrogens is 472 g/mol. The largest absolute Gasteiger partial charge is 0.508 e. The fourth-order valence-electron chi connectivity index (χ4n) is 3.63. The number of nitrogens with one attached hydrogen (secondary N) is 2. The van der Waals surface area contributed by atoms with Crippen LogP contribution in [0.25, 0.3) is 0 Å². The topological polar surface area (TPSA) is 148 Å². The van der Waals surface area contributed by atoms with Gasteiger partial charge < -0.3 is 30.5 Å². The Morgan fingerprint density at radius 1 is 0.886 bits per heavy atom. The van der Waals surface area contributed by atoms with Gasteiger partial charge in [-0.2, -0.15) is 0 Å². The third-order valence-corrected chi connectivity index (χ3v) is 6.11. The minimum Gasteiger partial charge on any atom is -0.508 e. The van der Waals surface area contributed by atoms with Crippen LogP contribution >= 0.6 is 0 Å². The van der Waals surface area contributed by atoms with Gasteiger partial charge >= 0.3 is 0 Å². The maximum Gasteiger partial charge on any atom is 0.229 e. The summed E-state index contributed by atoms with van der Waals surface area (Å²) < 4.78 is 30.6. The normalized spacial score (nSPS) is 12.5. The molecule has 10 heteroatoms. The molecule has 35 heavy (non-hydrogen) atoms. The van der Waals surface area contributed by atoms with Gasteiger partial charge in [0, 0.05) is 25.3 Å². The van der Waals surface area contributed by atoms with Crippen molar-refractivity contribution >= 4 is 15.7 Å². The Kier molecular flexibility index (Phi) is 12.1. The number of sulfonamides is 1. The van der Waals surface area contributed by atoms with E-state index in [9.17, 15) is 28.8 Å². The Hall–Kier alpha value is -2.53. The lowest BCUT2D eigenvalue weighted by Crippen LogP contribution is -2.22. The first-order valence-electron chi connectivity index (χ1n) is 11.9. The highest BCUT2D eigenvalue weighted by molar-refractivity contribution is 7.92. The summed E-state index contributed by atoms with van der Waals surface area (Å²) in [7, 11) is -3.53. The molecule has 2 rings (SSSR count). The number of unbranched alkanes of at least 4 members (excludes halogenated alkanes) is 4. The van der Waals surface area contributed by atoms with Crippen molar-refractivity contribution in [2.45, 2.75) is 51.0 Å². The molecule has 0 bridgehead atoms. The minimum absolute atomic E-state index is 0.0426. The van der Waals surface area contributed by atoms with E-state index in [1.54, 1.807) is 24.3 Å². The van der Waals surface area contributed by atoms with E-state index in [-0.39, 0.29) is 22.9 Å². The molecule has 6 N–H and O–H groups in total. The second kappa shape index (κ2) is 14.8. The number of hydrogen-bond acceptors (Lipinski definition) is 8. The molecule has 0 saturated heterocycles. The quantitative estimate of drug-likeness (QED) is 0.140. The van der Waals surface area contributed by atoms with Crippen molar-refractivity contribution in [1.29, 1.82) is 0 Å². The summed E-state index contributed by atoms with van der Waals surface area (Å²) in [4.78, 5) is 0. The predicted molar refractivity (Wildman–Crippen MR) is 136 cm³/mol. The molecule has 0 heterocycles. The number of benzene rings is 2. The molecular formula is C25H38N2O7S. The van der Waals surface area contributed by atoms with Gasteiger partial charge in [0.15, 0.2) is 0 Å². The molecule has 0 radical (unpaired) electrons. The number of aliphatic hydroxyl groups excluding tert-OH is 1. The van der Waals surface area contributed by atoms with Crippen LogP contribution in [0.3, 0.4) is 0 Å². The van der Waals surface area contributed by atoms with Gasteiger partial charge in [0.25, 0.3) is 0 Å². The summed E-state index contributed by atoms with van der Waals surface area (Å²) in [6.45, 7) is 2.44. The van der Waals surface area contributed by atoms with Gasteiger partial charge in [-0.05, 0) is 68.5 Å². The van der Waals surface area contributed by atoms with Gasteiger partial charge in [-0.3, -0.25) is 4.72 Å². The van der Waals surface area contributed by atoms with Gasteiger partial charge in [-0.25, -0.2) is 8.42 Å². The number of phenols is 3. The van der Waals surface area contributed by atoms with Gasteiger partial charge in [-0.15, -0.1) is 0 Å². The Balaban J connectivity index is 1.48. The first-order valence-corrected chi connectivity index (χ1v) is 13.8. The van der Waals surface area contributed by atoms with E-state index in [2.05, 4.69) is 10.0 Å². The van der Waals surface area contributed by atoms with Crippen LogP contribution in [0, 0.1) is 0 Å². The van der Waals surface area contributed by atoms with Crippen LogP contribution in [0.1, 0.15) is 55.8 Å². The summed E-state index contributed by atoms with van der Waals surface area (Å²) in [5, 5.41) is 42.8. The van der Waals surface area contributed by atoms with Crippen molar-refractivity contribution in [2.75, 3.05) is 37.3 Å². The second-order valence-corrected chi connectivity index (χ2v) is 10.4. The molecule has 0 aliphatic heterocycles. The first-order chi connectivity index (χ1) is 16.7. The SMILES string of the molecule is CS(=O)(=O)Nc1cc(C(O)CNCCCCCCOCCCCc2c(O)cccc2O)ccc1O. The Morgan fingerprint density at radius 3 is 2.23 bits per heavy atom. The average molecular weight is 511 g/mol. The lowest BCUT2D eigenvalue weighted by molar-refractivity contribution is 0.126. The number of hydrogen-bond donors (Lipinski definition) is 6. The summed E-state index contributed by atoms with van der Waals surface area (Å²) in [6, 6.07) is 9.12. The highest BCUT2D eigenvalue weighted by atomic mass is 32.2. The number of ether oxygens (including phenoxy) is 1. The van der Waals surface area contributed by atoms with E-state index in [4.69, 9.17) is 4.74 Å². The van der Waals surface area contributed by atoms with Crippen LogP contribution in [-0.2, 0) is 21.2 Å². The number of aromatic hydroxyl groups is 3. The zero-order valence-electron chi connectivity index (χ0n) is 20.2. The summed E-state index contributed by atoms with van der Waals surface area (Å²) >= 11 is 0. The molecule has 2 aromatic carbocycles. The van der Waals surface area contributed by atoms with E-state index in [0.29, 0.717) is 37.3 Å². The third kappa shape index (κ3) is 11.2. The molecule has 0 aromatic heterocycles. The molecule has 196 valence electrons. The highest BCUT2D eigenvalue weighted by Gasteiger charge is 2.13.